The average molecular weight is 209 g/mol. The minimum Gasteiger partial charge on any atom is -0.285 e. The van der Waals surface area contributed by atoms with Crippen molar-refractivity contribution in [2.45, 2.75) is 70.9 Å². The summed E-state index contributed by atoms with van der Waals surface area (Å²) < 4.78 is 0. The van der Waals surface area contributed by atoms with Crippen molar-refractivity contribution in [3.05, 3.63) is 12.7 Å². The molecule has 15 heavy (non-hydrogen) atoms. The van der Waals surface area contributed by atoms with Gasteiger partial charge < -0.3 is 0 Å². The van der Waals surface area contributed by atoms with E-state index in [0.717, 1.165) is 6.54 Å². The highest BCUT2D eigenvalue weighted by molar-refractivity contribution is 5.31. The molecule has 0 radical (unpaired) electrons. The predicted molar refractivity (Wildman–Crippen MR) is 68.1 cm³/mol. The molecule has 0 aromatic carbocycles. The van der Waals surface area contributed by atoms with Crippen LogP contribution in [0.1, 0.15) is 59.8 Å². The van der Waals surface area contributed by atoms with E-state index in [2.05, 4.69) is 45.2 Å². The fourth-order valence-electron chi connectivity index (χ4n) is 3.07. The maximum atomic E-state index is 3.99. The predicted octanol–water partition coefficient (Wildman–Crippen LogP) is 4.00. The molecule has 1 saturated heterocycles. The van der Waals surface area contributed by atoms with Crippen LogP contribution < -0.4 is 0 Å². The highest BCUT2D eigenvalue weighted by Gasteiger charge is 2.65. The van der Waals surface area contributed by atoms with Crippen LogP contribution in [0.5, 0.6) is 0 Å². The third kappa shape index (κ3) is 1.99. The maximum Gasteiger partial charge on any atom is 0.0548 e. The largest absolute Gasteiger partial charge is 0.285 e. The van der Waals surface area contributed by atoms with Crippen LogP contribution in [0, 0.1) is 0 Å². The number of rotatable bonds is 7. The molecule has 0 aromatic rings. The topological polar surface area (TPSA) is 3.01 Å². The van der Waals surface area contributed by atoms with E-state index < -0.39 is 0 Å². The molecule has 88 valence electrons. The minimum atomic E-state index is 0.258. The number of hydrogen-bond donors (Lipinski definition) is 0. The molecular weight excluding hydrogens is 182 g/mol. The molecule has 1 nitrogen and oxygen atoms in total. The van der Waals surface area contributed by atoms with Crippen molar-refractivity contribution in [3.63, 3.8) is 0 Å². The van der Waals surface area contributed by atoms with Crippen molar-refractivity contribution in [2.24, 2.45) is 0 Å². The first-order valence-electron chi connectivity index (χ1n) is 6.48. The second-order valence-electron chi connectivity index (χ2n) is 5.18. The molecule has 1 heteroatoms. The second-order valence-corrected chi connectivity index (χ2v) is 5.18. The van der Waals surface area contributed by atoms with Crippen molar-refractivity contribution >= 4 is 0 Å². The van der Waals surface area contributed by atoms with Crippen LogP contribution in [0.25, 0.3) is 0 Å². The molecule has 0 aliphatic carbocycles. The first-order valence-corrected chi connectivity index (χ1v) is 6.48. The summed E-state index contributed by atoms with van der Waals surface area (Å²) in [5, 5.41) is 0. The molecule has 1 aliphatic rings. The molecule has 1 heterocycles. The van der Waals surface area contributed by atoms with Crippen molar-refractivity contribution in [1.29, 1.82) is 0 Å². The first kappa shape index (κ1) is 12.8. The molecular formula is C14H27N. The molecule has 1 aliphatic heterocycles. The van der Waals surface area contributed by atoms with Gasteiger partial charge in [0.15, 0.2) is 0 Å². The van der Waals surface area contributed by atoms with Gasteiger partial charge in [-0.25, -0.2) is 0 Å². The third-order valence-corrected chi connectivity index (χ3v) is 4.43. The van der Waals surface area contributed by atoms with Gasteiger partial charge in [-0.05, 0) is 26.8 Å². The monoisotopic (exact) mass is 209 g/mol. The highest BCUT2D eigenvalue weighted by atomic mass is 15.4. The van der Waals surface area contributed by atoms with Crippen molar-refractivity contribution in [1.82, 2.24) is 4.90 Å². The summed E-state index contributed by atoms with van der Waals surface area (Å²) >= 11 is 0. The van der Waals surface area contributed by atoms with Gasteiger partial charge in [-0.3, -0.25) is 4.90 Å². The van der Waals surface area contributed by atoms with E-state index in [4.69, 9.17) is 0 Å². The van der Waals surface area contributed by atoms with E-state index in [1.54, 1.807) is 0 Å². The smallest absolute Gasteiger partial charge is 0.0548 e. The first-order chi connectivity index (χ1) is 7.06. The number of likely N-dealkylation sites (N-methyl/N-ethyl adjacent to an activating group) is 1. The average Bonchev–Trinajstić information content (AvgIpc) is 2.71. The van der Waals surface area contributed by atoms with Gasteiger partial charge >= 0.3 is 0 Å². The fourth-order valence-corrected chi connectivity index (χ4v) is 3.07. The van der Waals surface area contributed by atoms with Gasteiger partial charge in [0, 0.05) is 5.54 Å². The van der Waals surface area contributed by atoms with Crippen LogP contribution in [0.3, 0.4) is 0 Å². The lowest BCUT2D eigenvalue weighted by Gasteiger charge is -2.12. The lowest BCUT2D eigenvalue weighted by Crippen LogP contribution is -2.17. The van der Waals surface area contributed by atoms with E-state index in [-0.39, 0.29) is 5.54 Å². The number of hydrogen-bond acceptors (Lipinski definition) is 1. The Bertz CT molecular complexity index is 223. The summed E-state index contributed by atoms with van der Waals surface area (Å²) in [6, 6.07) is 0. The van der Waals surface area contributed by atoms with E-state index in [0.29, 0.717) is 5.54 Å². The van der Waals surface area contributed by atoms with Crippen LogP contribution in [-0.4, -0.2) is 22.5 Å². The van der Waals surface area contributed by atoms with Gasteiger partial charge in [0.1, 0.15) is 0 Å². The quantitative estimate of drug-likeness (QED) is 0.348. The Kier molecular flexibility index (Phi) is 3.99. The standard InChI is InChI=1S/C14H27N/c1-6-9-10-11-12-14(5)13(4,7-2)15(14)8-3/h7H,2,6,8-12H2,1,3-5H3. The molecule has 0 N–H and O–H groups in total. The zero-order chi connectivity index (χ0) is 11.5. The maximum absolute atomic E-state index is 3.99. The van der Waals surface area contributed by atoms with E-state index in [1.165, 1.54) is 32.1 Å². The Balaban J connectivity index is 2.43. The van der Waals surface area contributed by atoms with Crippen molar-refractivity contribution in [2.75, 3.05) is 6.54 Å². The zero-order valence-electron chi connectivity index (χ0n) is 11.0. The molecule has 1 fully saturated rings. The summed E-state index contributed by atoms with van der Waals surface area (Å²) in [5.41, 5.74) is 0.644. The van der Waals surface area contributed by atoms with Crippen LogP contribution in [0.15, 0.2) is 12.7 Å². The molecule has 3 unspecified atom stereocenters. The second kappa shape index (κ2) is 4.69. The molecule has 0 saturated carbocycles. The van der Waals surface area contributed by atoms with Crippen LogP contribution in [0.4, 0.5) is 0 Å². The Morgan fingerprint density at radius 3 is 2.20 bits per heavy atom. The SMILES string of the molecule is C=CC1(C)N(CC)C1(C)CCCCCC. The molecule has 1 rings (SSSR count). The molecule has 0 aromatic heterocycles. The summed E-state index contributed by atoms with van der Waals surface area (Å²) in [6.07, 6.45) is 8.92. The van der Waals surface area contributed by atoms with Gasteiger partial charge in [-0.2, -0.15) is 0 Å². The van der Waals surface area contributed by atoms with Crippen LogP contribution >= 0.6 is 0 Å². The third-order valence-electron chi connectivity index (χ3n) is 4.43. The Hall–Kier alpha value is -0.300. The van der Waals surface area contributed by atoms with Gasteiger partial charge in [0.25, 0.3) is 0 Å². The number of nitrogens with zero attached hydrogens (tertiary/aromatic N) is 1. The Morgan fingerprint density at radius 2 is 1.80 bits per heavy atom. The van der Waals surface area contributed by atoms with E-state index >= 15 is 0 Å². The molecule has 0 spiro atoms. The van der Waals surface area contributed by atoms with Crippen LogP contribution in [-0.2, 0) is 0 Å². The van der Waals surface area contributed by atoms with E-state index in [1.807, 2.05) is 0 Å². The van der Waals surface area contributed by atoms with Gasteiger partial charge in [0.2, 0.25) is 0 Å². The van der Waals surface area contributed by atoms with E-state index in [9.17, 15) is 0 Å². The van der Waals surface area contributed by atoms with Gasteiger partial charge in [-0.1, -0.05) is 45.6 Å². The summed E-state index contributed by atoms with van der Waals surface area (Å²) in [7, 11) is 0. The minimum absolute atomic E-state index is 0.258. The number of unbranched alkanes of at least 4 members (excludes halogenated alkanes) is 3. The fraction of sp³-hybridized carbons (Fsp3) is 0.857. The molecule has 3 atom stereocenters. The Morgan fingerprint density at radius 1 is 1.13 bits per heavy atom. The van der Waals surface area contributed by atoms with Crippen LogP contribution in [0.2, 0.25) is 0 Å². The lowest BCUT2D eigenvalue weighted by molar-refractivity contribution is 0.403. The summed E-state index contributed by atoms with van der Waals surface area (Å²) in [6.45, 7) is 14.4. The van der Waals surface area contributed by atoms with Gasteiger partial charge in [-0.15, -0.1) is 6.58 Å². The Labute approximate surface area is 95.5 Å². The zero-order valence-corrected chi connectivity index (χ0v) is 11.0. The summed E-state index contributed by atoms with van der Waals surface area (Å²) in [4.78, 5) is 2.57. The normalized spacial score (nSPS) is 39.1. The van der Waals surface area contributed by atoms with Crippen molar-refractivity contribution in [3.8, 4) is 0 Å². The highest BCUT2D eigenvalue weighted by Crippen LogP contribution is 2.54. The molecule has 0 amide bonds. The molecule has 0 bridgehead atoms. The lowest BCUT2D eigenvalue weighted by atomic mass is 9.91. The summed E-state index contributed by atoms with van der Waals surface area (Å²) in [5.74, 6) is 0. The van der Waals surface area contributed by atoms with Crippen molar-refractivity contribution < 1.29 is 0 Å². The van der Waals surface area contributed by atoms with Gasteiger partial charge in [0.05, 0.1) is 5.54 Å².